The van der Waals surface area contributed by atoms with Gasteiger partial charge in [-0.15, -0.1) is 0 Å². The van der Waals surface area contributed by atoms with Crippen LogP contribution in [0.25, 0.3) is 22.2 Å². The molecule has 0 aliphatic carbocycles. The Labute approximate surface area is 203 Å². The van der Waals surface area contributed by atoms with Crippen LogP contribution in [0.4, 0.5) is 0 Å². The highest BCUT2D eigenvalue weighted by molar-refractivity contribution is 5.82. The van der Waals surface area contributed by atoms with Crippen LogP contribution in [-0.2, 0) is 11.2 Å². The third-order valence-corrected chi connectivity index (χ3v) is 6.36. The van der Waals surface area contributed by atoms with Crippen molar-refractivity contribution in [2.45, 2.75) is 18.9 Å². The lowest BCUT2D eigenvalue weighted by Gasteiger charge is -2.36. The molecule has 0 amide bonds. The van der Waals surface area contributed by atoms with Crippen molar-refractivity contribution in [2.24, 2.45) is 0 Å². The number of nitrogens with zero attached hydrogens (tertiary/aromatic N) is 4. The Morgan fingerprint density at radius 3 is 2.71 bits per heavy atom. The van der Waals surface area contributed by atoms with E-state index >= 15 is 0 Å². The van der Waals surface area contributed by atoms with E-state index in [1.54, 1.807) is 19.3 Å². The van der Waals surface area contributed by atoms with Crippen molar-refractivity contribution in [3.8, 4) is 22.9 Å². The maximum Gasteiger partial charge on any atom is 0.219 e. The molecule has 4 aromatic rings. The number of fused-ring (bicyclic) bond motifs is 1. The number of β-amino-alcohol motifs (C(OH)–C–C–N with tert-alkyl or cyclic N) is 1. The van der Waals surface area contributed by atoms with E-state index in [0.29, 0.717) is 24.5 Å². The van der Waals surface area contributed by atoms with E-state index in [4.69, 9.17) is 9.15 Å². The number of rotatable bonds is 9. The number of benzene rings is 1. The number of carbonyl (C=O) groups excluding carboxylic acids is 1. The predicted octanol–water partition coefficient (Wildman–Crippen LogP) is 3.12. The molecule has 0 bridgehead atoms. The van der Waals surface area contributed by atoms with Gasteiger partial charge in [-0.3, -0.25) is 10.00 Å². The van der Waals surface area contributed by atoms with Crippen LogP contribution in [0.15, 0.2) is 59.5 Å². The molecule has 1 aliphatic heterocycles. The van der Waals surface area contributed by atoms with E-state index in [-0.39, 0.29) is 0 Å². The zero-order valence-corrected chi connectivity index (χ0v) is 19.7. The minimum absolute atomic E-state index is 0.380. The van der Waals surface area contributed by atoms with Gasteiger partial charge >= 0.3 is 0 Å². The molecule has 1 fully saturated rings. The van der Waals surface area contributed by atoms with Crippen molar-refractivity contribution >= 4 is 17.3 Å². The van der Waals surface area contributed by atoms with Gasteiger partial charge in [0.25, 0.3) is 0 Å². The Hall–Kier alpha value is -3.53. The number of aliphatic hydroxyl groups is 1. The molecular weight excluding hydrogens is 446 g/mol. The van der Waals surface area contributed by atoms with Gasteiger partial charge in [-0.05, 0) is 43.2 Å². The van der Waals surface area contributed by atoms with Gasteiger partial charge in [-0.1, -0.05) is 0 Å². The SMILES string of the molecule is CC(O)(C=O)CN1CCN(CCc2coc3cc(Oc4ccc(-c5ccn[nH]5)cn4)ccc23)CC1. The fourth-order valence-corrected chi connectivity index (χ4v) is 4.40. The number of pyridine rings is 1. The summed E-state index contributed by atoms with van der Waals surface area (Å²) in [5.41, 5.74) is 2.52. The number of aromatic amines is 1. The van der Waals surface area contributed by atoms with Crippen molar-refractivity contribution in [3.05, 3.63) is 60.6 Å². The van der Waals surface area contributed by atoms with E-state index < -0.39 is 5.60 Å². The van der Waals surface area contributed by atoms with Gasteiger partial charge in [-0.25, -0.2) is 4.98 Å². The van der Waals surface area contributed by atoms with Gasteiger partial charge in [0.15, 0.2) is 6.29 Å². The molecule has 9 heteroatoms. The summed E-state index contributed by atoms with van der Waals surface area (Å²) in [4.78, 5) is 19.9. The van der Waals surface area contributed by atoms with Crippen LogP contribution in [-0.4, -0.2) is 81.2 Å². The third kappa shape index (κ3) is 5.59. The lowest BCUT2D eigenvalue weighted by molar-refractivity contribution is -0.124. The topological polar surface area (TPSA) is 108 Å². The number of ether oxygens (including phenoxy) is 1. The van der Waals surface area contributed by atoms with E-state index in [1.807, 2.05) is 42.7 Å². The van der Waals surface area contributed by atoms with Crippen LogP contribution < -0.4 is 4.74 Å². The van der Waals surface area contributed by atoms with E-state index in [2.05, 4.69) is 25.0 Å². The molecule has 5 rings (SSSR count). The first-order valence-electron chi connectivity index (χ1n) is 11.8. The molecule has 1 aromatic carbocycles. The number of carbonyl (C=O) groups is 1. The lowest BCUT2D eigenvalue weighted by atomic mass is 10.1. The Bertz CT molecular complexity index is 1260. The van der Waals surface area contributed by atoms with E-state index in [0.717, 1.165) is 61.4 Å². The molecule has 4 heterocycles. The van der Waals surface area contributed by atoms with Crippen LogP contribution in [0.1, 0.15) is 12.5 Å². The summed E-state index contributed by atoms with van der Waals surface area (Å²) in [6.07, 6.45) is 6.78. The fraction of sp³-hybridized carbons (Fsp3) is 0.346. The molecule has 3 aromatic heterocycles. The first-order valence-corrected chi connectivity index (χ1v) is 11.8. The number of aromatic nitrogens is 3. The molecule has 1 saturated heterocycles. The van der Waals surface area contributed by atoms with Crippen LogP contribution in [0, 0.1) is 0 Å². The molecule has 35 heavy (non-hydrogen) atoms. The van der Waals surface area contributed by atoms with Crippen LogP contribution in [0.2, 0.25) is 0 Å². The van der Waals surface area contributed by atoms with Crippen LogP contribution in [0.3, 0.4) is 0 Å². The molecule has 182 valence electrons. The molecule has 2 N–H and O–H groups in total. The smallest absolute Gasteiger partial charge is 0.219 e. The molecule has 1 aliphatic rings. The van der Waals surface area contributed by atoms with Gasteiger partial charge in [-0.2, -0.15) is 5.10 Å². The summed E-state index contributed by atoms with van der Waals surface area (Å²) >= 11 is 0. The average molecular weight is 476 g/mol. The average Bonchev–Trinajstić information content (AvgIpc) is 3.54. The number of piperazine rings is 1. The minimum atomic E-state index is -1.28. The van der Waals surface area contributed by atoms with Gasteiger partial charge in [0.1, 0.15) is 16.9 Å². The molecule has 0 spiro atoms. The summed E-state index contributed by atoms with van der Waals surface area (Å²) in [5.74, 6) is 1.18. The second kappa shape index (κ2) is 9.99. The van der Waals surface area contributed by atoms with Crippen LogP contribution >= 0.6 is 0 Å². The minimum Gasteiger partial charge on any atom is -0.464 e. The number of H-pyrrole nitrogens is 1. The molecule has 0 radical (unpaired) electrons. The van der Waals surface area contributed by atoms with Crippen molar-refractivity contribution < 1.29 is 19.1 Å². The summed E-state index contributed by atoms with van der Waals surface area (Å²) in [7, 11) is 0. The monoisotopic (exact) mass is 475 g/mol. The van der Waals surface area contributed by atoms with Gasteiger partial charge in [0.2, 0.25) is 5.88 Å². The Morgan fingerprint density at radius 1 is 1.17 bits per heavy atom. The third-order valence-electron chi connectivity index (χ3n) is 6.36. The van der Waals surface area contributed by atoms with Crippen LogP contribution in [0.5, 0.6) is 11.6 Å². The Balaban J connectivity index is 1.15. The molecule has 1 atom stereocenters. The molecule has 9 nitrogen and oxygen atoms in total. The quantitative estimate of drug-likeness (QED) is 0.356. The predicted molar refractivity (Wildman–Crippen MR) is 131 cm³/mol. The number of hydrogen-bond donors (Lipinski definition) is 2. The second-order valence-electron chi connectivity index (χ2n) is 9.22. The fourth-order valence-electron chi connectivity index (χ4n) is 4.40. The number of nitrogens with one attached hydrogen (secondary N) is 1. The van der Waals surface area contributed by atoms with E-state index in [9.17, 15) is 9.90 Å². The van der Waals surface area contributed by atoms with Crippen molar-refractivity contribution in [1.29, 1.82) is 0 Å². The maximum absolute atomic E-state index is 11.0. The number of furan rings is 1. The maximum atomic E-state index is 11.0. The van der Waals surface area contributed by atoms with Gasteiger partial charge in [0.05, 0.1) is 12.0 Å². The zero-order valence-electron chi connectivity index (χ0n) is 19.7. The molecule has 1 unspecified atom stereocenters. The summed E-state index contributed by atoms with van der Waals surface area (Å²) < 4.78 is 11.7. The van der Waals surface area contributed by atoms with E-state index in [1.165, 1.54) is 5.56 Å². The second-order valence-corrected chi connectivity index (χ2v) is 9.22. The Morgan fingerprint density at radius 2 is 2.00 bits per heavy atom. The Kier molecular flexibility index (Phi) is 6.63. The largest absolute Gasteiger partial charge is 0.464 e. The zero-order chi connectivity index (χ0) is 24.3. The first-order chi connectivity index (χ1) is 17.0. The lowest BCUT2D eigenvalue weighted by Crippen LogP contribution is -2.51. The number of hydrogen-bond acceptors (Lipinski definition) is 8. The van der Waals surface area contributed by atoms with Gasteiger partial charge in [0, 0.05) is 74.7 Å². The van der Waals surface area contributed by atoms with Crippen molar-refractivity contribution in [3.63, 3.8) is 0 Å². The summed E-state index contributed by atoms with van der Waals surface area (Å²) in [5, 5.41) is 17.9. The van der Waals surface area contributed by atoms with Gasteiger partial charge < -0.3 is 24.0 Å². The highest BCUT2D eigenvalue weighted by Crippen LogP contribution is 2.29. The first kappa shape index (κ1) is 23.2. The molecular formula is C26H29N5O4. The standard InChI is InChI=1S/C26H29N5O4/c1-26(33,18-32)17-31-12-10-30(11-13-31)9-7-20-16-34-24-14-21(3-4-22(20)24)35-25-5-2-19(15-27-25)23-6-8-28-29-23/h2-6,8,14-16,18,33H,7,9-13,17H2,1H3,(H,28,29). The molecule has 0 saturated carbocycles. The highest BCUT2D eigenvalue weighted by atomic mass is 16.5. The summed E-state index contributed by atoms with van der Waals surface area (Å²) in [6.45, 7) is 6.37. The summed E-state index contributed by atoms with van der Waals surface area (Å²) in [6, 6.07) is 11.5. The number of aldehydes is 1. The van der Waals surface area contributed by atoms with Crippen molar-refractivity contribution in [1.82, 2.24) is 25.0 Å². The highest BCUT2D eigenvalue weighted by Gasteiger charge is 2.26. The normalized spacial score (nSPS) is 16.9. The van der Waals surface area contributed by atoms with Crippen molar-refractivity contribution in [2.75, 3.05) is 39.3 Å².